The molecule has 0 amide bonds. The maximum absolute atomic E-state index is 13.6. The van der Waals surface area contributed by atoms with Crippen molar-refractivity contribution >= 4 is 6.29 Å². The van der Waals surface area contributed by atoms with Crippen LogP contribution in [0, 0.1) is 0 Å². The number of aldehydes is 1. The number of hydrogen-bond acceptors (Lipinski definition) is 1. The molecule has 0 aliphatic heterocycles. The molecule has 0 saturated heterocycles. The van der Waals surface area contributed by atoms with E-state index in [9.17, 15) is 13.6 Å². The fraction of sp³-hybridized carbons (Fsp3) is 0.650. The van der Waals surface area contributed by atoms with Gasteiger partial charge in [-0.2, -0.15) is 0 Å². The summed E-state index contributed by atoms with van der Waals surface area (Å²) in [7, 11) is 0. The van der Waals surface area contributed by atoms with E-state index in [0.29, 0.717) is 12.7 Å². The average Bonchev–Trinajstić information content (AvgIpc) is 2.53. The number of carbonyl (C=O) groups is 1. The van der Waals surface area contributed by atoms with E-state index >= 15 is 0 Å². The molecule has 1 unspecified atom stereocenters. The maximum atomic E-state index is 13.6. The van der Waals surface area contributed by atoms with Crippen LogP contribution >= 0.6 is 0 Å². The summed E-state index contributed by atoms with van der Waals surface area (Å²) in [5.74, 6) is -0.474. The second-order valence-corrected chi connectivity index (χ2v) is 5.87. The molecule has 0 aromatic rings. The molecule has 132 valence electrons. The quantitative estimate of drug-likeness (QED) is 0.184. The van der Waals surface area contributed by atoms with Crippen LogP contribution < -0.4 is 0 Å². The van der Waals surface area contributed by atoms with E-state index in [4.69, 9.17) is 0 Å². The normalized spacial score (nSPS) is 14.0. The fourth-order valence-corrected chi connectivity index (χ4v) is 2.31. The highest BCUT2D eigenvalue weighted by Crippen LogP contribution is 2.13. The van der Waals surface area contributed by atoms with Crippen LogP contribution in [0.1, 0.15) is 77.6 Å². The molecule has 23 heavy (non-hydrogen) atoms. The van der Waals surface area contributed by atoms with E-state index in [1.54, 1.807) is 0 Å². The Bertz CT molecular complexity index is 359. The van der Waals surface area contributed by atoms with Gasteiger partial charge in [-0.15, -0.1) is 0 Å². The Morgan fingerprint density at radius 1 is 1.00 bits per heavy atom. The van der Waals surface area contributed by atoms with Crippen molar-refractivity contribution in [2.75, 3.05) is 0 Å². The van der Waals surface area contributed by atoms with Crippen molar-refractivity contribution in [2.45, 2.75) is 83.7 Å². The summed E-state index contributed by atoms with van der Waals surface area (Å²) in [6, 6.07) is 0. The van der Waals surface area contributed by atoms with Gasteiger partial charge in [-0.25, -0.2) is 8.78 Å². The standard InChI is InChI=1S/C20H32F2O/c1-2-3-4-5-6-7-8-9-10-14-19(21)16-13-17-20(22)15-11-12-18-23/h11,13,15-19H,2-10,12,14H2,1H3. The highest BCUT2D eigenvalue weighted by Gasteiger charge is 2.00. The molecule has 0 spiro atoms. The summed E-state index contributed by atoms with van der Waals surface area (Å²) in [6.07, 6.45) is 18.0. The number of carbonyl (C=O) groups excluding carboxylic acids is 1. The van der Waals surface area contributed by atoms with E-state index in [2.05, 4.69) is 6.92 Å². The van der Waals surface area contributed by atoms with Gasteiger partial charge in [0.25, 0.3) is 0 Å². The minimum absolute atomic E-state index is 0.190. The molecule has 0 fully saturated rings. The lowest BCUT2D eigenvalue weighted by molar-refractivity contribution is -0.107. The van der Waals surface area contributed by atoms with Gasteiger partial charge in [-0.1, -0.05) is 82.9 Å². The van der Waals surface area contributed by atoms with Gasteiger partial charge < -0.3 is 4.79 Å². The Morgan fingerprint density at radius 2 is 1.61 bits per heavy atom. The van der Waals surface area contributed by atoms with Crippen molar-refractivity contribution in [1.82, 2.24) is 0 Å². The van der Waals surface area contributed by atoms with Gasteiger partial charge in [-0.05, 0) is 18.6 Å². The van der Waals surface area contributed by atoms with Crippen LogP contribution in [-0.2, 0) is 4.79 Å². The number of halogens is 2. The summed E-state index contributed by atoms with van der Waals surface area (Å²) < 4.78 is 26.7. The van der Waals surface area contributed by atoms with Gasteiger partial charge in [-0.3, -0.25) is 0 Å². The van der Waals surface area contributed by atoms with E-state index in [1.807, 2.05) is 0 Å². The molecule has 0 aliphatic carbocycles. The SMILES string of the molecule is CCCCCCCCCCCC(F)C=CC=C(F)C=CCC=O. The van der Waals surface area contributed by atoms with Crippen LogP contribution in [-0.4, -0.2) is 12.5 Å². The molecule has 0 aromatic heterocycles. The topological polar surface area (TPSA) is 17.1 Å². The number of unbranched alkanes of at least 4 members (excludes halogenated alkanes) is 8. The van der Waals surface area contributed by atoms with Crippen LogP contribution in [0.2, 0.25) is 0 Å². The van der Waals surface area contributed by atoms with Crippen molar-refractivity contribution in [3.63, 3.8) is 0 Å². The molecule has 1 atom stereocenters. The van der Waals surface area contributed by atoms with Crippen molar-refractivity contribution in [3.8, 4) is 0 Å². The first-order valence-corrected chi connectivity index (χ1v) is 8.99. The number of allylic oxidation sites excluding steroid dienone is 6. The smallest absolute Gasteiger partial charge is 0.123 e. The number of alkyl halides is 1. The van der Waals surface area contributed by atoms with Crippen molar-refractivity contribution < 1.29 is 13.6 Å². The molecule has 1 nitrogen and oxygen atoms in total. The van der Waals surface area contributed by atoms with Crippen molar-refractivity contribution in [3.05, 3.63) is 36.2 Å². The van der Waals surface area contributed by atoms with E-state index < -0.39 is 12.0 Å². The largest absolute Gasteiger partial charge is 0.303 e. The Hall–Kier alpha value is -1.25. The van der Waals surface area contributed by atoms with Crippen LogP contribution in [0.5, 0.6) is 0 Å². The molecular weight excluding hydrogens is 294 g/mol. The Labute approximate surface area is 140 Å². The molecule has 0 aromatic carbocycles. The zero-order chi connectivity index (χ0) is 17.2. The van der Waals surface area contributed by atoms with Crippen LogP contribution in [0.3, 0.4) is 0 Å². The second-order valence-electron chi connectivity index (χ2n) is 5.87. The van der Waals surface area contributed by atoms with E-state index in [-0.39, 0.29) is 6.42 Å². The lowest BCUT2D eigenvalue weighted by atomic mass is 10.1. The maximum Gasteiger partial charge on any atom is 0.123 e. The van der Waals surface area contributed by atoms with Crippen LogP contribution in [0.4, 0.5) is 8.78 Å². The van der Waals surface area contributed by atoms with E-state index in [0.717, 1.165) is 12.8 Å². The lowest BCUT2D eigenvalue weighted by Gasteiger charge is -2.03. The molecular formula is C20H32F2O. The zero-order valence-corrected chi connectivity index (χ0v) is 14.5. The molecule has 0 heterocycles. The second kappa shape index (κ2) is 17.1. The third kappa shape index (κ3) is 16.9. The molecule has 0 aliphatic rings. The Kier molecular flexibility index (Phi) is 16.2. The lowest BCUT2D eigenvalue weighted by Crippen LogP contribution is -1.94. The van der Waals surface area contributed by atoms with Crippen molar-refractivity contribution in [1.29, 1.82) is 0 Å². The molecule has 0 bridgehead atoms. The summed E-state index contributed by atoms with van der Waals surface area (Å²) in [4.78, 5) is 10.1. The first-order chi connectivity index (χ1) is 11.2. The molecule has 0 N–H and O–H groups in total. The first kappa shape index (κ1) is 21.8. The van der Waals surface area contributed by atoms with Gasteiger partial charge in [0.1, 0.15) is 18.3 Å². The Balaban J connectivity index is 3.59. The van der Waals surface area contributed by atoms with Gasteiger partial charge in [0.2, 0.25) is 0 Å². The first-order valence-electron chi connectivity index (χ1n) is 8.99. The number of rotatable bonds is 15. The third-order valence-corrected chi connectivity index (χ3v) is 3.67. The van der Waals surface area contributed by atoms with Gasteiger partial charge >= 0.3 is 0 Å². The molecule has 0 rings (SSSR count). The summed E-state index contributed by atoms with van der Waals surface area (Å²) in [5.41, 5.74) is 0. The van der Waals surface area contributed by atoms with Gasteiger partial charge in [0.15, 0.2) is 0 Å². The van der Waals surface area contributed by atoms with Crippen LogP contribution in [0.15, 0.2) is 36.2 Å². The molecule has 3 heteroatoms. The fourth-order valence-electron chi connectivity index (χ4n) is 2.31. The minimum atomic E-state index is -1.01. The van der Waals surface area contributed by atoms with Gasteiger partial charge in [0, 0.05) is 6.42 Å². The Morgan fingerprint density at radius 3 is 2.22 bits per heavy atom. The molecule has 0 radical (unpaired) electrons. The average molecular weight is 326 g/mol. The summed E-state index contributed by atoms with van der Waals surface area (Å²) >= 11 is 0. The highest BCUT2D eigenvalue weighted by atomic mass is 19.1. The predicted octanol–water partition coefficient (Wildman–Crippen LogP) is 6.80. The summed E-state index contributed by atoms with van der Waals surface area (Å²) in [5, 5.41) is 0. The van der Waals surface area contributed by atoms with Crippen molar-refractivity contribution in [2.24, 2.45) is 0 Å². The highest BCUT2D eigenvalue weighted by molar-refractivity contribution is 5.52. The summed E-state index contributed by atoms with van der Waals surface area (Å²) in [6.45, 7) is 2.22. The third-order valence-electron chi connectivity index (χ3n) is 3.67. The molecule has 0 saturated carbocycles. The monoisotopic (exact) mass is 326 g/mol. The minimum Gasteiger partial charge on any atom is -0.303 e. The van der Waals surface area contributed by atoms with E-state index in [1.165, 1.54) is 75.3 Å². The van der Waals surface area contributed by atoms with Gasteiger partial charge in [0.05, 0.1) is 0 Å². The zero-order valence-electron chi connectivity index (χ0n) is 14.5. The predicted molar refractivity (Wildman–Crippen MR) is 94.9 cm³/mol. The number of hydrogen-bond donors (Lipinski definition) is 0. The van der Waals surface area contributed by atoms with Crippen LogP contribution in [0.25, 0.3) is 0 Å².